The van der Waals surface area contributed by atoms with E-state index >= 15 is 0 Å². The number of aryl methyl sites for hydroxylation is 1. The molecular formula is C16H18ClNOS. The number of nitrogens with one attached hydrogen (secondary N) is 1. The molecule has 0 saturated heterocycles. The van der Waals surface area contributed by atoms with E-state index in [9.17, 15) is 0 Å². The van der Waals surface area contributed by atoms with Gasteiger partial charge in [0.25, 0.3) is 0 Å². The number of rotatable bonds is 4. The van der Waals surface area contributed by atoms with Gasteiger partial charge < -0.3 is 10.1 Å². The number of benzene rings is 1. The van der Waals surface area contributed by atoms with Gasteiger partial charge in [0.1, 0.15) is 5.75 Å². The van der Waals surface area contributed by atoms with Crippen LogP contribution in [0.15, 0.2) is 30.3 Å². The second kappa shape index (κ2) is 5.66. The first-order valence-corrected chi connectivity index (χ1v) is 8.13. The average molecular weight is 308 g/mol. The van der Waals surface area contributed by atoms with Gasteiger partial charge in [0.05, 0.1) is 22.2 Å². The molecule has 4 heteroatoms. The monoisotopic (exact) mass is 307 g/mol. The van der Waals surface area contributed by atoms with Gasteiger partial charge in [-0.25, -0.2) is 0 Å². The van der Waals surface area contributed by atoms with Crippen molar-refractivity contribution in [2.75, 3.05) is 5.32 Å². The summed E-state index contributed by atoms with van der Waals surface area (Å²) in [6.45, 7) is 4.09. The summed E-state index contributed by atoms with van der Waals surface area (Å²) in [6.07, 6.45) is 2.40. The molecule has 0 radical (unpaired) electrons. The van der Waals surface area contributed by atoms with Gasteiger partial charge in [0.2, 0.25) is 0 Å². The Labute approximate surface area is 128 Å². The first-order valence-electron chi connectivity index (χ1n) is 6.94. The van der Waals surface area contributed by atoms with Gasteiger partial charge in [-0.3, -0.25) is 0 Å². The number of fused-ring (bicyclic) bond motifs is 1. The van der Waals surface area contributed by atoms with Crippen LogP contribution in [0.1, 0.15) is 36.8 Å². The summed E-state index contributed by atoms with van der Waals surface area (Å²) in [5.74, 6) is 0.914. The third kappa shape index (κ3) is 2.79. The Kier molecular flexibility index (Phi) is 3.90. The second-order valence-electron chi connectivity index (χ2n) is 5.33. The van der Waals surface area contributed by atoms with Crippen molar-refractivity contribution < 1.29 is 4.74 Å². The van der Waals surface area contributed by atoms with Crippen molar-refractivity contribution in [2.45, 2.75) is 38.8 Å². The largest absolute Gasteiger partial charge is 0.489 e. The van der Waals surface area contributed by atoms with Crippen molar-refractivity contribution in [3.05, 3.63) is 45.1 Å². The molecule has 1 heterocycles. The minimum atomic E-state index is 0.174. The van der Waals surface area contributed by atoms with Crippen molar-refractivity contribution in [3.63, 3.8) is 0 Å². The summed E-state index contributed by atoms with van der Waals surface area (Å²) in [5, 5.41) is 3.61. The van der Waals surface area contributed by atoms with E-state index in [1.54, 1.807) is 11.3 Å². The van der Waals surface area contributed by atoms with Gasteiger partial charge in [-0.2, -0.15) is 0 Å². The van der Waals surface area contributed by atoms with E-state index in [1.807, 2.05) is 32.0 Å². The number of hydrogen-bond acceptors (Lipinski definition) is 3. The Balaban J connectivity index is 1.82. The molecule has 0 spiro atoms. The molecule has 2 nitrogen and oxygen atoms in total. The first kappa shape index (κ1) is 13.8. The van der Waals surface area contributed by atoms with Crippen molar-refractivity contribution in [3.8, 4) is 5.75 Å². The van der Waals surface area contributed by atoms with E-state index in [0.29, 0.717) is 6.04 Å². The van der Waals surface area contributed by atoms with Crippen molar-refractivity contribution in [1.82, 2.24) is 0 Å². The molecule has 1 atom stereocenters. The highest BCUT2D eigenvalue weighted by Gasteiger charge is 2.25. The van der Waals surface area contributed by atoms with Crippen LogP contribution in [0.3, 0.4) is 0 Å². The predicted octanol–water partition coefficient (Wildman–Crippen LogP) is 5.29. The van der Waals surface area contributed by atoms with Crippen LogP contribution < -0.4 is 10.1 Å². The van der Waals surface area contributed by atoms with E-state index < -0.39 is 0 Å². The van der Waals surface area contributed by atoms with Crippen molar-refractivity contribution in [1.29, 1.82) is 0 Å². The van der Waals surface area contributed by atoms with Gasteiger partial charge in [0.15, 0.2) is 0 Å². The number of anilines is 1. The molecular weight excluding hydrogens is 290 g/mol. The SMILES string of the molecule is CC(C)Oc1ccccc1NC1CCc2sc(Cl)cc21. The van der Waals surface area contributed by atoms with E-state index in [-0.39, 0.29) is 6.10 Å². The van der Waals surface area contributed by atoms with E-state index in [1.165, 1.54) is 10.4 Å². The second-order valence-corrected chi connectivity index (χ2v) is 7.10. The molecule has 1 aromatic heterocycles. The van der Waals surface area contributed by atoms with Crippen LogP contribution in [0.2, 0.25) is 4.34 Å². The summed E-state index contributed by atoms with van der Waals surface area (Å²) < 4.78 is 6.75. The van der Waals surface area contributed by atoms with Crippen LogP contribution in [0.4, 0.5) is 5.69 Å². The normalized spacial score (nSPS) is 17.3. The van der Waals surface area contributed by atoms with Crippen LogP contribution in [0.25, 0.3) is 0 Å². The molecule has 1 unspecified atom stereocenters. The zero-order valence-corrected chi connectivity index (χ0v) is 13.2. The molecule has 20 heavy (non-hydrogen) atoms. The molecule has 0 fully saturated rings. The van der Waals surface area contributed by atoms with Crippen LogP contribution in [-0.2, 0) is 6.42 Å². The average Bonchev–Trinajstić information content (AvgIpc) is 2.92. The van der Waals surface area contributed by atoms with Gasteiger partial charge in [-0.1, -0.05) is 23.7 Å². The molecule has 2 aromatic rings. The smallest absolute Gasteiger partial charge is 0.142 e. The molecule has 0 aliphatic heterocycles. The van der Waals surface area contributed by atoms with Crippen LogP contribution >= 0.6 is 22.9 Å². The molecule has 3 rings (SSSR count). The summed E-state index contributed by atoms with van der Waals surface area (Å²) in [4.78, 5) is 1.41. The maximum absolute atomic E-state index is 6.11. The highest BCUT2D eigenvalue weighted by Crippen LogP contribution is 2.42. The lowest BCUT2D eigenvalue weighted by Crippen LogP contribution is -2.11. The Bertz CT molecular complexity index is 608. The lowest BCUT2D eigenvalue weighted by Gasteiger charge is -2.19. The lowest BCUT2D eigenvalue weighted by molar-refractivity contribution is 0.243. The maximum Gasteiger partial charge on any atom is 0.142 e. The van der Waals surface area contributed by atoms with Gasteiger partial charge in [-0.05, 0) is 50.5 Å². The van der Waals surface area contributed by atoms with Crippen molar-refractivity contribution in [2.24, 2.45) is 0 Å². The quantitative estimate of drug-likeness (QED) is 0.829. The number of para-hydroxylation sites is 2. The summed E-state index contributed by atoms with van der Waals surface area (Å²) >= 11 is 7.81. The molecule has 0 bridgehead atoms. The minimum absolute atomic E-state index is 0.174. The molecule has 1 aromatic carbocycles. The molecule has 1 aliphatic rings. The van der Waals surface area contributed by atoms with Gasteiger partial charge in [-0.15, -0.1) is 11.3 Å². The number of hydrogen-bond donors (Lipinski definition) is 1. The predicted molar refractivity (Wildman–Crippen MR) is 86.2 cm³/mol. The zero-order chi connectivity index (χ0) is 14.1. The fourth-order valence-electron chi connectivity index (χ4n) is 2.61. The summed E-state index contributed by atoms with van der Waals surface area (Å²) in [6, 6.07) is 10.6. The molecule has 0 amide bonds. The Morgan fingerprint density at radius 2 is 2.15 bits per heavy atom. The first-order chi connectivity index (χ1) is 9.63. The summed E-state index contributed by atoms with van der Waals surface area (Å²) in [5.41, 5.74) is 2.40. The zero-order valence-electron chi connectivity index (χ0n) is 11.7. The highest BCUT2D eigenvalue weighted by molar-refractivity contribution is 7.16. The fourth-order valence-corrected chi connectivity index (χ4v) is 3.97. The van der Waals surface area contributed by atoms with E-state index in [0.717, 1.165) is 28.6 Å². The van der Waals surface area contributed by atoms with E-state index in [2.05, 4.69) is 17.4 Å². The minimum Gasteiger partial charge on any atom is -0.489 e. The Morgan fingerprint density at radius 1 is 1.35 bits per heavy atom. The van der Waals surface area contributed by atoms with Crippen molar-refractivity contribution >= 4 is 28.6 Å². The maximum atomic E-state index is 6.11. The van der Waals surface area contributed by atoms with Crippen LogP contribution in [0, 0.1) is 0 Å². The standard InChI is InChI=1S/C16H18ClNOS/c1-10(2)19-14-6-4-3-5-13(14)18-12-7-8-15-11(12)9-16(17)20-15/h3-6,9-10,12,18H,7-8H2,1-2H3. The third-order valence-corrected chi connectivity index (χ3v) is 4.77. The molecule has 1 N–H and O–H groups in total. The van der Waals surface area contributed by atoms with Gasteiger partial charge in [0, 0.05) is 4.88 Å². The van der Waals surface area contributed by atoms with Crippen LogP contribution in [0.5, 0.6) is 5.75 Å². The topological polar surface area (TPSA) is 21.3 Å². The fraction of sp³-hybridized carbons (Fsp3) is 0.375. The summed E-state index contributed by atoms with van der Waals surface area (Å²) in [7, 11) is 0. The number of ether oxygens (including phenoxy) is 1. The van der Waals surface area contributed by atoms with Gasteiger partial charge >= 0.3 is 0 Å². The highest BCUT2D eigenvalue weighted by atomic mass is 35.5. The molecule has 1 aliphatic carbocycles. The molecule has 106 valence electrons. The Hall–Kier alpha value is -1.19. The third-order valence-electron chi connectivity index (χ3n) is 3.43. The van der Waals surface area contributed by atoms with Crippen LogP contribution in [-0.4, -0.2) is 6.10 Å². The molecule has 0 saturated carbocycles. The number of thiophene rings is 1. The van der Waals surface area contributed by atoms with E-state index in [4.69, 9.17) is 16.3 Å². The lowest BCUT2D eigenvalue weighted by atomic mass is 10.1. The Morgan fingerprint density at radius 3 is 2.95 bits per heavy atom. The number of halogens is 1.